The van der Waals surface area contributed by atoms with E-state index in [1.54, 1.807) is 24.3 Å². The molecule has 0 saturated heterocycles. The maximum Gasteiger partial charge on any atom is 0.399 e. The van der Waals surface area contributed by atoms with Crippen molar-refractivity contribution >= 4 is 44.3 Å². The largest absolute Gasteiger partial charge is 0.399 e. The van der Waals surface area contributed by atoms with Gasteiger partial charge in [0.25, 0.3) is 0 Å². The minimum atomic E-state index is -5.73. The molecule has 0 bridgehead atoms. The first kappa shape index (κ1) is 22.0. The highest BCUT2D eigenvalue weighted by Crippen LogP contribution is 2.60. The van der Waals surface area contributed by atoms with Crippen LogP contribution < -0.4 is 0 Å². The fraction of sp³-hybridized carbons (Fsp3) is 0.167. The van der Waals surface area contributed by atoms with Crippen LogP contribution in [0.25, 0.3) is 10.9 Å². The number of para-hydroxylation sites is 1. The SMILES string of the molecule is O=P(O)(O)C(F)(F)c1ccc(CS(=O)(=O)Cc2ccc3ccccc3n2)cc1Br. The number of hydrogen-bond donors (Lipinski definition) is 2. The van der Waals surface area contributed by atoms with Crippen molar-refractivity contribution in [3.8, 4) is 0 Å². The highest BCUT2D eigenvalue weighted by molar-refractivity contribution is 9.10. The lowest BCUT2D eigenvalue weighted by atomic mass is 10.1. The van der Waals surface area contributed by atoms with Gasteiger partial charge >= 0.3 is 13.3 Å². The van der Waals surface area contributed by atoms with Crippen molar-refractivity contribution in [1.82, 2.24) is 4.98 Å². The van der Waals surface area contributed by atoms with Crippen LogP contribution in [0.5, 0.6) is 0 Å². The molecule has 3 aromatic rings. The standard InChI is InChI=1S/C18H15BrF2NO5PS/c19-16-9-12(5-8-15(16)18(20,21)28(23,24)25)10-29(26,27)11-14-7-6-13-3-1-2-4-17(13)22-14/h1-9H,10-11H2,(H2,23,24,25). The first-order valence-corrected chi connectivity index (χ1v) is 12.4. The van der Waals surface area contributed by atoms with Crippen LogP contribution in [0.2, 0.25) is 0 Å². The number of nitrogens with zero attached hydrogens (tertiary/aromatic N) is 1. The van der Waals surface area contributed by atoms with Gasteiger partial charge in [-0.25, -0.2) is 8.42 Å². The number of pyridine rings is 1. The fourth-order valence-electron chi connectivity index (χ4n) is 2.77. The molecular formula is C18H15BrF2NO5PS. The number of rotatable bonds is 6. The van der Waals surface area contributed by atoms with E-state index in [1.165, 1.54) is 0 Å². The highest BCUT2D eigenvalue weighted by atomic mass is 79.9. The Morgan fingerprint density at radius 3 is 2.38 bits per heavy atom. The van der Waals surface area contributed by atoms with E-state index in [2.05, 4.69) is 20.9 Å². The van der Waals surface area contributed by atoms with E-state index in [0.717, 1.165) is 23.6 Å². The summed E-state index contributed by atoms with van der Waals surface area (Å²) in [4.78, 5) is 22.0. The normalized spacial score (nSPS) is 13.0. The molecule has 11 heteroatoms. The van der Waals surface area contributed by atoms with Gasteiger partial charge in [0.05, 0.1) is 22.7 Å². The van der Waals surface area contributed by atoms with Gasteiger partial charge in [0.15, 0.2) is 9.84 Å². The van der Waals surface area contributed by atoms with Crippen molar-refractivity contribution in [1.29, 1.82) is 0 Å². The summed E-state index contributed by atoms with van der Waals surface area (Å²) >= 11 is 2.85. The van der Waals surface area contributed by atoms with E-state index >= 15 is 0 Å². The van der Waals surface area contributed by atoms with Crippen LogP contribution in [0.4, 0.5) is 8.78 Å². The Kier molecular flexibility index (Phi) is 5.95. The van der Waals surface area contributed by atoms with Gasteiger partial charge in [-0.3, -0.25) is 9.55 Å². The Morgan fingerprint density at radius 1 is 1.03 bits per heavy atom. The lowest BCUT2D eigenvalue weighted by Crippen LogP contribution is -2.15. The molecule has 2 N–H and O–H groups in total. The first-order valence-electron chi connectivity index (χ1n) is 8.16. The van der Waals surface area contributed by atoms with Crippen LogP contribution in [0.3, 0.4) is 0 Å². The Balaban J connectivity index is 1.83. The monoisotopic (exact) mass is 505 g/mol. The van der Waals surface area contributed by atoms with Gasteiger partial charge in [-0.2, -0.15) is 8.78 Å². The Hall–Kier alpha value is -1.71. The van der Waals surface area contributed by atoms with E-state index in [4.69, 9.17) is 9.79 Å². The number of fused-ring (bicyclic) bond motifs is 1. The quantitative estimate of drug-likeness (QED) is 0.483. The first-order chi connectivity index (χ1) is 13.4. The molecule has 0 aliphatic heterocycles. The van der Waals surface area contributed by atoms with Crippen molar-refractivity contribution in [2.24, 2.45) is 0 Å². The highest BCUT2D eigenvalue weighted by Gasteiger charge is 2.51. The molecule has 154 valence electrons. The molecule has 0 amide bonds. The predicted molar refractivity (Wildman–Crippen MR) is 108 cm³/mol. The van der Waals surface area contributed by atoms with Crippen LogP contribution in [0.15, 0.2) is 59.1 Å². The van der Waals surface area contributed by atoms with Crippen molar-refractivity contribution in [2.45, 2.75) is 17.2 Å². The Morgan fingerprint density at radius 2 is 1.72 bits per heavy atom. The van der Waals surface area contributed by atoms with E-state index in [0.29, 0.717) is 11.2 Å². The Bertz CT molecular complexity index is 1230. The average Bonchev–Trinajstić information content (AvgIpc) is 2.59. The zero-order chi connectivity index (χ0) is 21.4. The van der Waals surface area contributed by atoms with Gasteiger partial charge in [-0.15, -0.1) is 0 Å². The van der Waals surface area contributed by atoms with Crippen molar-refractivity contribution in [3.63, 3.8) is 0 Å². The summed E-state index contributed by atoms with van der Waals surface area (Å²) in [5, 5.41) is 0.874. The molecule has 0 saturated carbocycles. The smallest absolute Gasteiger partial charge is 0.320 e. The lowest BCUT2D eigenvalue weighted by Gasteiger charge is -2.19. The van der Waals surface area contributed by atoms with Gasteiger partial charge in [0.1, 0.15) is 0 Å². The van der Waals surface area contributed by atoms with E-state index in [9.17, 15) is 21.8 Å². The second kappa shape index (κ2) is 7.85. The summed E-state index contributed by atoms with van der Waals surface area (Å²) < 4.78 is 63.6. The van der Waals surface area contributed by atoms with Gasteiger partial charge in [0.2, 0.25) is 0 Å². The van der Waals surface area contributed by atoms with Crippen molar-refractivity contribution < 1.29 is 31.6 Å². The molecular weight excluding hydrogens is 491 g/mol. The Labute approximate surface area is 173 Å². The fourth-order valence-corrected chi connectivity index (χ4v) is 5.51. The zero-order valence-electron chi connectivity index (χ0n) is 14.7. The molecule has 0 aliphatic rings. The summed E-state index contributed by atoms with van der Waals surface area (Å²) in [7, 11) is -9.40. The van der Waals surface area contributed by atoms with E-state index < -0.39 is 34.4 Å². The molecule has 0 spiro atoms. The summed E-state index contributed by atoms with van der Waals surface area (Å²) in [6, 6.07) is 13.7. The predicted octanol–water partition coefficient (Wildman–Crippen LogP) is 4.34. The van der Waals surface area contributed by atoms with Crippen LogP contribution in [-0.2, 0) is 31.6 Å². The molecule has 6 nitrogen and oxygen atoms in total. The molecule has 0 atom stereocenters. The van der Waals surface area contributed by atoms with Gasteiger partial charge in [-0.1, -0.05) is 52.3 Å². The van der Waals surface area contributed by atoms with Gasteiger partial charge in [-0.05, 0) is 23.8 Å². The third-order valence-electron chi connectivity index (χ3n) is 4.13. The number of sulfone groups is 1. The molecule has 0 aliphatic carbocycles. The number of alkyl halides is 2. The molecule has 0 radical (unpaired) electrons. The maximum absolute atomic E-state index is 13.9. The van der Waals surface area contributed by atoms with Crippen LogP contribution in [0.1, 0.15) is 16.8 Å². The molecule has 2 aromatic carbocycles. The van der Waals surface area contributed by atoms with Crippen LogP contribution in [-0.4, -0.2) is 23.2 Å². The molecule has 1 aromatic heterocycles. The van der Waals surface area contributed by atoms with Gasteiger partial charge in [0, 0.05) is 15.4 Å². The maximum atomic E-state index is 13.9. The summed E-state index contributed by atoms with van der Waals surface area (Å²) in [5.41, 5.74) is -4.09. The minimum Gasteiger partial charge on any atom is -0.320 e. The number of hydrogen-bond acceptors (Lipinski definition) is 4. The van der Waals surface area contributed by atoms with E-state index in [1.807, 2.05) is 12.1 Å². The number of halogens is 3. The van der Waals surface area contributed by atoms with E-state index in [-0.39, 0.29) is 15.8 Å². The zero-order valence-corrected chi connectivity index (χ0v) is 18.0. The minimum absolute atomic E-state index is 0.197. The average molecular weight is 506 g/mol. The molecule has 29 heavy (non-hydrogen) atoms. The lowest BCUT2D eigenvalue weighted by molar-refractivity contribution is 0.0557. The third kappa shape index (κ3) is 4.90. The van der Waals surface area contributed by atoms with Crippen LogP contribution >= 0.6 is 23.5 Å². The molecule has 3 rings (SSSR count). The molecule has 0 fully saturated rings. The third-order valence-corrected chi connectivity index (χ3v) is 7.27. The number of aromatic nitrogens is 1. The summed E-state index contributed by atoms with van der Waals surface area (Å²) in [6.07, 6.45) is 0. The van der Waals surface area contributed by atoms with Crippen molar-refractivity contribution in [2.75, 3.05) is 0 Å². The second-order valence-electron chi connectivity index (χ2n) is 6.43. The van der Waals surface area contributed by atoms with Crippen molar-refractivity contribution in [3.05, 3.63) is 75.9 Å². The molecule has 0 unspecified atom stereocenters. The number of benzene rings is 2. The summed E-state index contributed by atoms with van der Waals surface area (Å²) in [5.74, 6) is -0.780. The van der Waals surface area contributed by atoms with Gasteiger partial charge < -0.3 is 9.79 Å². The topological polar surface area (TPSA) is 105 Å². The summed E-state index contributed by atoms with van der Waals surface area (Å²) in [6.45, 7) is 0. The second-order valence-corrected chi connectivity index (χ2v) is 11.0. The van der Waals surface area contributed by atoms with Crippen LogP contribution in [0, 0.1) is 0 Å². The molecule has 1 heterocycles.